The Balaban J connectivity index is 1.94. The molecule has 104 valence electrons. The number of nitrogen functional groups attached to an aromatic ring is 1. The van der Waals surface area contributed by atoms with E-state index in [1.165, 1.54) is 0 Å². The summed E-state index contributed by atoms with van der Waals surface area (Å²) in [5, 5.41) is 0. The van der Waals surface area contributed by atoms with Crippen molar-refractivity contribution in [2.24, 2.45) is 0 Å². The number of nitrogens with zero attached hydrogens (tertiary/aromatic N) is 3. The summed E-state index contributed by atoms with van der Waals surface area (Å²) in [6, 6.07) is 5.89. The first-order chi connectivity index (χ1) is 9.70. The van der Waals surface area contributed by atoms with E-state index in [-0.39, 0.29) is 5.91 Å². The Morgan fingerprint density at radius 1 is 1.45 bits per heavy atom. The minimum atomic E-state index is -0.0118. The van der Waals surface area contributed by atoms with Gasteiger partial charge in [0.1, 0.15) is 5.69 Å². The van der Waals surface area contributed by atoms with Gasteiger partial charge in [-0.2, -0.15) is 0 Å². The normalized spacial score (nSPS) is 14.2. The Morgan fingerprint density at radius 2 is 2.15 bits per heavy atom. The average Bonchev–Trinajstić information content (AvgIpc) is 3.23. The maximum atomic E-state index is 12.8. The Kier molecular flexibility index (Phi) is 3.18. The number of pyridine rings is 1. The van der Waals surface area contributed by atoms with Gasteiger partial charge in [0.2, 0.25) is 0 Å². The fraction of sp³-hybridized carbons (Fsp3) is 0.333. The van der Waals surface area contributed by atoms with Gasteiger partial charge in [-0.1, -0.05) is 0 Å². The maximum Gasteiger partial charge on any atom is 0.274 e. The van der Waals surface area contributed by atoms with E-state index in [0.29, 0.717) is 24.0 Å². The van der Waals surface area contributed by atoms with Gasteiger partial charge in [0.05, 0.1) is 5.69 Å². The molecule has 0 atom stereocenters. The quantitative estimate of drug-likeness (QED) is 0.928. The molecule has 1 aliphatic rings. The molecule has 0 spiro atoms. The highest BCUT2D eigenvalue weighted by Crippen LogP contribution is 2.37. The second-order valence-electron chi connectivity index (χ2n) is 5.05. The van der Waals surface area contributed by atoms with E-state index in [4.69, 9.17) is 5.73 Å². The molecule has 5 nitrogen and oxygen atoms in total. The third-order valence-corrected chi connectivity index (χ3v) is 3.56. The van der Waals surface area contributed by atoms with Crippen molar-refractivity contribution in [1.29, 1.82) is 0 Å². The summed E-state index contributed by atoms with van der Waals surface area (Å²) >= 11 is 0. The Hall–Kier alpha value is -2.30. The number of amides is 1. The highest BCUT2D eigenvalue weighted by molar-refractivity contribution is 6.05. The van der Waals surface area contributed by atoms with E-state index >= 15 is 0 Å². The summed E-state index contributed by atoms with van der Waals surface area (Å²) in [5.41, 5.74) is 8.03. The lowest BCUT2D eigenvalue weighted by Crippen LogP contribution is -2.32. The summed E-state index contributed by atoms with van der Waals surface area (Å²) in [7, 11) is 0. The van der Waals surface area contributed by atoms with Crippen LogP contribution >= 0.6 is 0 Å². The van der Waals surface area contributed by atoms with Gasteiger partial charge in [-0.3, -0.25) is 9.78 Å². The molecule has 0 aromatic carbocycles. The van der Waals surface area contributed by atoms with Crippen LogP contribution in [0.25, 0.3) is 0 Å². The molecule has 1 aliphatic carbocycles. The van der Waals surface area contributed by atoms with E-state index in [1.807, 2.05) is 29.8 Å². The van der Waals surface area contributed by atoms with Crippen molar-refractivity contribution in [3.05, 3.63) is 42.5 Å². The first kappa shape index (κ1) is 12.7. The fourth-order valence-electron chi connectivity index (χ4n) is 2.43. The Bertz CT molecular complexity index is 616. The van der Waals surface area contributed by atoms with Gasteiger partial charge >= 0.3 is 0 Å². The Labute approximate surface area is 118 Å². The number of carbonyl (C=O) groups excluding carboxylic acids is 1. The molecule has 0 unspecified atom stereocenters. The maximum absolute atomic E-state index is 12.8. The van der Waals surface area contributed by atoms with E-state index in [2.05, 4.69) is 4.98 Å². The zero-order chi connectivity index (χ0) is 14.1. The second kappa shape index (κ2) is 5.00. The molecule has 1 saturated carbocycles. The number of carbonyl (C=O) groups is 1. The van der Waals surface area contributed by atoms with Crippen molar-refractivity contribution in [2.75, 3.05) is 17.2 Å². The minimum Gasteiger partial charge on any atom is -0.397 e. The molecule has 0 bridgehead atoms. The van der Waals surface area contributed by atoms with Gasteiger partial charge in [0.25, 0.3) is 5.91 Å². The predicted molar refractivity (Wildman–Crippen MR) is 78.7 cm³/mol. The van der Waals surface area contributed by atoms with Crippen LogP contribution in [-0.4, -0.2) is 22.0 Å². The van der Waals surface area contributed by atoms with Crippen molar-refractivity contribution < 1.29 is 4.79 Å². The van der Waals surface area contributed by atoms with Crippen LogP contribution in [0.4, 0.5) is 11.4 Å². The third-order valence-electron chi connectivity index (χ3n) is 3.56. The SMILES string of the molecule is CCN(C(=O)c1cc(N)cn1C1CC1)c1ccncc1. The standard InChI is InChI=1S/C15H18N4O/c1-2-18(13-5-7-17-8-6-13)15(20)14-9-11(16)10-19(14)12-3-4-12/h5-10,12H,2-4,16H2,1H3. The molecule has 20 heavy (non-hydrogen) atoms. The van der Waals surface area contributed by atoms with Gasteiger partial charge in [0.15, 0.2) is 0 Å². The zero-order valence-corrected chi connectivity index (χ0v) is 11.5. The molecular formula is C15H18N4O. The van der Waals surface area contributed by atoms with Gasteiger partial charge < -0.3 is 15.2 Å². The molecule has 1 amide bonds. The lowest BCUT2D eigenvalue weighted by atomic mass is 10.3. The third kappa shape index (κ3) is 2.27. The zero-order valence-electron chi connectivity index (χ0n) is 11.5. The smallest absolute Gasteiger partial charge is 0.274 e. The van der Waals surface area contributed by atoms with Crippen molar-refractivity contribution in [3.8, 4) is 0 Å². The molecule has 2 heterocycles. The molecule has 1 fully saturated rings. The molecule has 3 rings (SSSR count). The predicted octanol–water partition coefficient (Wildman–Crippen LogP) is 2.47. The molecule has 2 aromatic rings. The van der Waals surface area contributed by atoms with Crippen LogP contribution in [0.5, 0.6) is 0 Å². The largest absolute Gasteiger partial charge is 0.397 e. The molecular weight excluding hydrogens is 252 g/mol. The van der Waals surface area contributed by atoms with Crippen molar-refractivity contribution in [3.63, 3.8) is 0 Å². The van der Waals surface area contributed by atoms with E-state index < -0.39 is 0 Å². The number of nitrogens with two attached hydrogens (primary N) is 1. The van der Waals surface area contributed by atoms with Crippen LogP contribution in [0, 0.1) is 0 Å². The highest BCUT2D eigenvalue weighted by Gasteiger charge is 2.29. The van der Waals surface area contributed by atoms with Crippen LogP contribution in [0.1, 0.15) is 36.3 Å². The van der Waals surface area contributed by atoms with Crippen LogP contribution in [0.3, 0.4) is 0 Å². The number of rotatable bonds is 4. The summed E-state index contributed by atoms with van der Waals surface area (Å²) in [6.07, 6.45) is 7.50. The summed E-state index contributed by atoms with van der Waals surface area (Å²) < 4.78 is 2.02. The van der Waals surface area contributed by atoms with Crippen LogP contribution in [0.2, 0.25) is 0 Å². The summed E-state index contributed by atoms with van der Waals surface area (Å²) in [4.78, 5) is 18.5. The van der Waals surface area contributed by atoms with E-state index in [9.17, 15) is 4.79 Å². The molecule has 0 radical (unpaired) electrons. The summed E-state index contributed by atoms with van der Waals surface area (Å²) in [5.74, 6) is -0.0118. The van der Waals surface area contributed by atoms with Crippen molar-refractivity contribution in [2.45, 2.75) is 25.8 Å². The lowest BCUT2D eigenvalue weighted by Gasteiger charge is -2.21. The molecule has 0 aliphatic heterocycles. The van der Waals surface area contributed by atoms with Crippen LogP contribution in [-0.2, 0) is 0 Å². The topological polar surface area (TPSA) is 64.2 Å². The highest BCUT2D eigenvalue weighted by atomic mass is 16.2. The Morgan fingerprint density at radius 3 is 2.75 bits per heavy atom. The number of hydrogen-bond acceptors (Lipinski definition) is 3. The van der Waals surface area contributed by atoms with E-state index in [1.54, 1.807) is 23.4 Å². The first-order valence-corrected chi connectivity index (χ1v) is 6.90. The molecule has 2 N–H and O–H groups in total. The van der Waals surface area contributed by atoms with Crippen LogP contribution < -0.4 is 10.6 Å². The summed E-state index contributed by atoms with van der Waals surface area (Å²) in [6.45, 7) is 2.57. The number of hydrogen-bond donors (Lipinski definition) is 1. The molecule has 0 saturated heterocycles. The first-order valence-electron chi connectivity index (χ1n) is 6.90. The molecule has 5 heteroatoms. The van der Waals surface area contributed by atoms with Gasteiger partial charge in [-0.15, -0.1) is 0 Å². The average molecular weight is 270 g/mol. The van der Waals surface area contributed by atoms with Crippen molar-refractivity contribution in [1.82, 2.24) is 9.55 Å². The van der Waals surface area contributed by atoms with E-state index in [0.717, 1.165) is 18.5 Å². The fourth-order valence-corrected chi connectivity index (χ4v) is 2.43. The van der Waals surface area contributed by atoms with Gasteiger partial charge in [-0.25, -0.2) is 0 Å². The van der Waals surface area contributed by atoms with Gasteiger partial charge in [-0.05, 0) is 38.0 Å². The molecule has 2 aromatic heterocycles. The minimum absolute atomic E-state index is 0.0118. The van der Waals surface area contributed by atoms with Crippen LogP contribution in [0.15, 0.2) is 36.8 Å². The number of anilines is 2. The van der Waals surface area contributed by atoms with Crippen molar-refractivity contribution >= 4 is 17.3 Å². The lowest BCUT2D eigenvalue weighted by molar-refractivity contribution is 0.0979. The second-order valence-corrected chi connectivity index (χ2v) is 5.05. The van der Waals surface area contributed by atoms with Gasteiger partial charge in [0, 0.05) is 36.9 Å². The monoisotopic (exact) mass is 270 g/mol. The number of aromatic nitrogens is 2.